The van der Waals surface area contributed by atoms with E-state index in [9.17, 15) is 44.3 Å². The Morgan fingerprint density at radius 2 is 0.938 bits per heavy atom. The van der Waals surface area contributed by atoms with E-state index in [2.05, 4.69) is 9.44 Å². The smallest absolute Gasteiger partial charge is 0.308 e. The minimum Gasteiger partial charge on any atom is -0.466 e. The van der Waals surface area contributed by atoms with Crippen LogP contribution in [0.2, 0.25) is 0 Å². The van der Waals surface area contributed by atoms with Crippen LogP contribution in [0.4, 0.5) is 26.3 Å². The number of hydrogen-bond donors (Lipinski definition) is 2. The predicted molar refractivity (Wildman–Crippen MR) is 173 cm³/mol. The molecule has 272 valence electrons. The molecule has 2 rings (SSSR count). The lowest BCUT2D eigenvalue weighted by molar-refractivity contribution is -0.147. The number of esters is 2. The van der Waals surface area contributed by atoms with E-state index in [1.807, 2.05) is 0 Å². The zero-order valence-corrected chi connectivity index (χ0v) is 29.8. The third-order valence-corrected chi connectivity index (χ3v) is 9.90. The van der Waals surface area contributed by atoms with Crippen molar-refractivity contribution < 1.29 is 53.8 Å². The summed E-state index contributed by atoms with van der Waals surface area (Å²) in [4.78, 5) is 23.7. The van der Waals surface area contributed by atoms with E-state index in [1.165, 1.54) is 38.1 Å². The summed E-state index contributed by atoms with van der Waals surface area (Å²) in [6, 6.07) is 9.77. The molecule has 0 amide bonds. The van der Waals surface area contributed by atoms with Gasteiger partial charge in [0.2, 0.25) is 0 Å². The number of nitrogens with one attached hydrogen (secondary N) is 2. The van der Waals surface area contributed by atoms with Gasteiger partial charge in [-0.1, -0.05) is 36.4 Å². The molecule has 0 aliphatic heterocycles. The van der Waals surface area contributed by atoms with Gasteiger partial charge in [-0.2, -0.15) is 0 Å². The molecule has 4 atom stereocenters. The number of carbonyl (C=O) groups is 2. The molecule has 8 nitrogen and oxygen atoms in total. The summed E-state index contributed by atoms with van der Waals surface area (Å²) in [6.45, 7) is 12.6. The van der Waals surface area contributed by atoms with Crippen LogP contribution in [0.3, 0.4) is 0 Å². The molecular weight excluding hydrogens is 686 g/mol. The van der Waals surface area contributed by atoms with Crippen LogP contribution >= 0.6 is 0 Å². The molecule has 0 aliphatic carbocycles. The van der Waals surface area contributed by atoms with Gasteiger partial charge in [0.25, 0.3) is 12.9 Å². The van der Waals surface area contributed by atoms with Gasteiger partial charge in [0, 0.05) is 11.1 Å². The quantitative estimate of drug-likeness (QED) is 0.168. The fourth-order valence-electron chi connectivity index (χ4n) is 4.01. The molecule has 0 radical (unpaired) electrons. The monoisotopic (exact) mass is 730 g/mol. The normalized spacial score (nSPS) is 15.8. The summed E-state index contributed by atoms with van der Waals surface area (Å²) in [7, 11) is -3.92. The number of rotatable bonds is 14. The van der Waals surface area contributed by atoms with Gasteiger partial charge in [-0.15, -0.1) is 0 Å². The second kappa shape index (κ2) is 18.3. The maximum absolute atomic E-state index is 14.2. The maximum Gasteiger partial charge on any atom is 0.308 e. The molecule has 0 unspecified atom stereocenters. The molecule has 0 aromatic heterocycles. The van der Waals surface area contributed by atoms with Crippen molar-refractivity contribution in [3.8, 4) is 0 Å². The maximum atomic E-state index is 14.2. The zero-order chi connectivity index (χ0) is 37.1. The van der Waals surface area contributed by atoms with E-state index < -0.39 is 103 Å². The zero-order valence-electron chi connectivity index (χ0n) is 28.1. The summed E-state index contributed by atoms with van der Waals surface area (Å²) in [6.07, 6.45) is -8.07. The Morgan fingerprint density at radius 3 is 1.17 bits per heavy atom. The lowest BCUT2D eigenvalue weighted by Gasteiger charge is -2.35. The second-order valence-electron chi connectivity index (χ2n) is 12.4. The average Bonchev–Trinajstić information content (AvgIpc) is 2.96. The minimum absolute atomic E-state index is 0.00220. The lowest BCUT2D eigenvalue weighted by atomic mass is 9.87. The fourth-order valence-corrected chi connectivity index (χ4v) is 5.83. The van der Waals surface area contributed by atoms with Crippen molar-refractivity contribution in [1.82, 2.24) is 9.44 Å². The molecule has 48 heavy (non-hydrogen) atoms. The first kappa shape index (κ1) is 43.2. The molecule has 0 heterocycles. The number of carbonyl (C=O) groups excluding carboxylic acids is 2. The molecule has 16 heteroatoms. The second-order valence-corrected chi connectivity index (χ2v) is 16.4. The SMILES string of the molecule is CCOC(=O)C[C@@](N[S@@](=O)C(C)(C)C)(c1ccccc1F)C(F)F.CCOC(=O)C[C@](N[S@@](=O)C(C)(C)C)(c1ccccc1F)C(F)F. The Balaban J connectivity index is 0.000000480. The molecule has 0 bridgehead atoms. The summed E-state index contributed by atoms with van der Waals surface area (Å²) in [5.74, 6) is -3.69. The molecule has 2 aromatic rings. The molecule has 0 aliphatic rings. The first-order chi connectivity index (χ1) is 22.1. The van der Waals surface area contributed by atoms with Gasteiger partial charge < -0.3 is 9.47 Å². The van der Waals surface area contributed by atoms with Crippen LogP contribution in [0.25, 0.3) is 0 Å². The average molecular weight is 731 g/mol. The van der Waals surface area contributed by atoms with Crippen molar-refractivity contribution in [1.29, 1.82) is 0 Å². The van der Waals surface area contributed by atoms with Crippen molar-refractivity contribution >= 4 is 33.9 Å². The molecule has 0 saturated carbocycles. The summed E-state index contributed by atoms with van der Waals surface area (Å²) < 4.78 is 122. The number of benzene rings is 2. The van der Waals surface area contributed by atoms with Crippen molar-refractivity contribution in [3.05, 3.63) is 71.3 Å². The summed E-state index contributed by atoms with van der Waals surface area (Å²) in [5, 5.41) is 0. The first-order valence-electron chi connectivity index (χ1n) is 14.9. The van der Waals surface area contributed by atoms with Crippen molar-refractivity contribution in [2.75, 3.05) is 13.2 Å². The standard InChI is InChI=1S/2C16H22F3NO3S/c2*1-5-23-13(21)10-16(14(18)19,20-24(22)15(2,3)4)11-8-6-7-9-12(11)17/h2*6-9,14,20H,5,10H2,1-4H3/t16-,24+;16-,24-/m10/s1. The fraction of sp³-hybridized carbons (Fsp3) is 0.562. The Labute approximate surface area is 282 Å². The largest absolute Gasteiger partial charge is 0.466 e. The Hall–Kier alpha value is -2.82. The topological polar surface area (TPSA) is 111 Å². The summed E-state index contributed by atoms with van der Waals surface area (Å²) >= 11 is 0. The van der Waals surface area contributed by atoms with E-state index in [1.54, 1.807) is 41.5 Å². The van der Waals surface area contributed by atoms with Crippen LogP contribution in [0.1, 0.15) is 79.4 Å². The van der Waals surface area contributed by atoms with Crippen LogP contribution < -0.4 is 9.44 Å². The number of alkyl halides is 4. The number of ether oxygens (including phenoxy) is 2. The van der Waals surface area contributed by atoms with Crippen LogP contribution in [0, 0.1) is 11.6 Å². The van der Waals surface area contributed by atoms with Crippen molar-refractivity contribution in [2.45, 2.75) is 102 Å². The molecular formula is C32H44F6N2O6S2. The van der Waals surface area contributed by atoms with Crippen LogP contribution in [0.5, 0.6) is 0 Å². The van der Waals surface area contributed by atoms with Gasteiger partial charge in [0.15, 0.2) is 0 Å². The highest BCUT2D eigenvalue weighted by molar-refractivity contribution is 7.84. The third kappa shape index (κ3) is 11.7. The van der Waals surface area contributed by atoms with E-state index >= 15 is 0 Å². The van der Waals surface area contributed by atoms with E-state index in [4.69, 9.17) is 9.47 Å². The predicted octanol–water partition coefficient (Wildman–Crippen LogP) is 6.58. The van der Waals surface area contributed by atoms with Crippen molar-refractivity contribution in [2.24, 2.45) is 0 Å². The molecule has 0 spiro atoms. The van der Waals surface area contributed by atoms with Crippen LogP contribution in [0.15, 0.2) is 48.5 Å². The highest BCUT2D eigenvalue weighted by Crippen LogP contribution is 2.37. The molecule has 2 N–H and O–H groups in total. The van der Waals surface area contributed by atoms with Gasteiger partial charge in [-0.25, -0.2) is 44.2 Å². The highest BCUT2D eigenvalue weighted by Gasteiger charge is 2.49. The Kier molecular flexibility index (Phi) is 16.4. The molecule has 0 saturated heterocycles. The van der Waals surface area contributed by atoms with Gasteiger partial charge in [0.05, 0.1) is 57.5 Å². The van der Waals surface area contributed by atoms with E-state index in [0.29, 0.717) is 0 Å². The van der Waals surface area contributed by atoms with Crippen molar-refractivity contribution in [3.63, 3.8) is 0 Å². The molecule has 0 fully saturated rings. The highest BCUT2D eigenvalue weighted by atomic mass is 32.2. The minimum atomic E-state index is -3.19. The van der Waals surface area contributed by atoms with Gasteiger partial charge in [0.1, 0.15) is 22.7 Å². The Bertz CT molecular complexity index is 1310. The van der Waals surface area contributed by atoms with Gasteiger partial charge >= 0.3 is 11.9 Å². The van der Waals surface area contributed by atoms with Crippen LogP contribution in [-0.4, -0.2) is 55.9 Å². The number of halogens is 6. The van der Waals surface area contributed by atoms with Gasteiger partial charge in [-0.3, -0.25) is 9.59 Å². The van der Waals surface area contributed by atoms with E-state index in [-0.39, 0.29) is 13.2 Å². The van der Waals surface area contributed by atoms with E-state index in [0.717, 1.165) is 24.3 Å². The van der Waals surface area contributed by atoms with Gasteiger partial charge in [-0.05, 0) is 67.5 Å². The van der Waals surface area contributed by atoms with Crippen LogP contribution in [-0.2, 0) is 52.1 Å². The number of hydrogen-bond acceptors (Lipinski definition) is 6. The summed E-state index contributed by atoms with van der Waals surface area (Å²) in [5.41, 5.74) is -5.75. The first-order valence-corrected chi connectivity index (χ1v) is 17.2. The Morgan fingerprint density at radius 1 is 0.646 bits per heavy atom. The lowest BCUT2D eigenvalue weighted by Crippen LogP contribution is -2.54. The molecule has 2 aromatic carbocycles. The third-order valence-electron chi connectivity index (χ3n) is 6.57.